The highest BCUT2D eigenvalue weighted by molar-refractivity contribution is 6.33. The third-order valence-electron chi connectivity index (χ3n) is 4.85. The Morgan fingerprint density at radius 2 is 2.24 bits per heavy atom. The lowest BCUT2D eigenvalue weighted by molar-refractivity contribution is -0.116. The van der Waals surface area contributed by atoms with Crippen LogP contribution in [0.2, 0.25) is 0 Å². The van der Waals surface area contributed by atoms with Gasteiger partial charge in [-0.25, -0.2) is 5.43 Å². The molecular formula is C19H21N5O. The van der Waals surface area contributed by atoms with Gasteiger partial charge in [0.1, 0.15) is 5.71 Å². The van der Waals surface area contributed by atoms with Crippen molar-refractivity contribution < 1.29 is 4.79 Å². The van der Waals surface area contributed by atoms with Gasteiger partial charge >= 0.3 is 0 Å². The van der Waals surface area contributed by atoms with Crippen molar-refractivity contribution in [2.75, 3.05) is 14.1 Å². The van der Waals surface area contributed by atoms with Crippen LogP contribution in [0.15, 0.2) is 41.3 Å². The molecular weight excluding hydrogens is 314 g/mol. The molecule has 1 aliphatic carbocycles. The first kappa shape index (κ1) is 15.8. The van der Waals surface area contributed by atoms with E-state index in [1.54, 1.807) is 12.4 Å². The molecule has 0 saturated heterocycles. The van der Waals surface area contributed by atoms with Gasteiger partial charge in [0.2, 0.25) is 0 Å². The average Bonchev–Trinajstić information content (AvgIpc) is 3.19. The largest absolute Gasteiger partial charge is 0.359 e. The molecule has 2 N–H and O–H groups in total. The van der Waals surface area contributed by atoms with Gasteiger partial charge in [-0.05, 0) is 63.2 Å². The van der Waals surface area contributed by atoms with Crippen molar-refractivity contribution in [1.29, 1.82) is 0 Å². The van der Waals surface area contributed by atoms with E-state index in [1.165, 1.54) is 17.7 Å². The van der Waals surface area contributed by atoms with Crippen molar-refractivity contribution in [3.8, 4) is 0 Å². The molecule has 1 atom stereocenters. The number of amides is 1. The molecule has 2 aromatic rings. The summed E-state index contributed by atoms with van der Waals surface area (Å²) in [4.78, 5) is 22.1. The van der Waals surface area contributed by atoms with Crippen LogP contribution in [0, 0.1) is 0 Å². The summed E-state index contributed by atoms with van der Waals surface area (Å²) in [6.07, 6.45) is 8.70. The number of carbonyl (C=O) groups is 1. The number of fused-ring (bicyclic) bond motifs is 1. The number of nitrogens with one attached hydrogen (secondary N) is 2. The molecule has 4 rings (SSSR count). The van der Waals surface area contributed by atoms with Crippen LogP contribution < -0.4 is 5.43 Å². The summed E-state index contributed by atoms with van der Waals surface area (Å²) in [5, 5.41) is 4.18. The molecule has 2 aromatic heterocycles. The first-order chi connectivity index (χ1) is 12.1. The molecule has 0 spiro atoms. The molecule has 0 fully saturated rings. The molecule has 3 heterocycles. The molecule has 1 amide bonds. The number of carbonyl (C=O) groups excluding carboxylic acids is 1. The summed E-state index contributed by atoms with van der Waals surface area (Å²) in [5.74, 6) is -0.185. The van der Waals surface area contributed by atoms with Crippen LogP contribution in [0.3, 0.4) is 0 Å². The molecule has 6 nitrogen and oxygen atoms in total. The second-order valence-electron chi connectivity index (χ2n) is 6.73. The Hall–Kier alpha value is -2.73. The van der Waals surface area contributed by atoms with Crippen LogP contribution in [0.4, 0.5) is 0 Å². The van der Waals surface area contributed by atoms with Gasteiger partial charge in [-0.1, -0.05) is 0 Å². The first-order valence-electron chi connectivity index (χ1n) is 8.52. The van der Waals surface area contributed by atoms with E-state index < -0.39 is 0 Å². The van der Waals surface area contributed by atoms with Crippen LogP contribution in [0.1, 0.15) is 41.4 Å². The van der Waals surface area contributed by atoms with E-state index >= 15 is 0 Å². The Morgan fingerprint density at radius 1 is 1.36 bits per heavy atom. The van der Waals surface area contributed by atoms with E-state index in [2.05, 4.69) is 45.6 Å². The number of aromatic nitrogens is 2. The number of hydrazone groups is 1. The molecule has 0 bridgehead atoms. The molecule has 128 valence electrons. The molecule has 1 aliphatic heterocycles. The van der Waals surface area contributed by atoms with E-state index in [0.717, 1.165) is 24.1 Å². The smallest absolute Gasteiger partial charge is 0.273 e. The standard InChI is InChI=1S/C19H21N5O/c1-24(2)17-7-3-6-16-14(17)9-13(21-16)10-15-18(22-23-19(15)25)12-5-4-8-20-11-12/h4-5,8-11,17,21H,3,6-7H2,1-2H3,(H,23,25)/b15-10-. The van der Waals surface area contributed by atoms with Crippen LogP contribution in [0.25, 0.3) is 6.08 Å². The highest BCUT2D eigenvalue weighted by Crippen LogP contribution is 2.34. The summed E-state index contributed by atoms with van der Waals surface area (Å²) in [5.41, 5.74) is 8.14. The van der Waals surface area contributed by atoms with Gasteiger partial charge in [-0.15, -0.1) is 0 Å². The normalized spacial score (nSPS) is 21.4. The molecule has 0 aromatic carbocycles. The van der Waals surface area contributed by atoms with E-state index in [1.807, 2.05) is 18.2 Å². The van der Waals surface area contributed by atoms with Crippen LogP contribution in [0.5, 0.6) is 0 Å². The van der Waals surface area contributed by atoms with Crippen LogP contribution >= 0.6 is 0 Å². The predicted molar refractivity (Wildman–Crippen MR) is 97.1 cm³/mol. The van der Waals surface area contributed by atoms with Gasteiger partial charge in [0.05, 0.1) is 5.57 Å². The zero-order valence-corrected chi connectivity index (χ0v) is 14.4. The topological polar surface area (TPSA) is 73.4 Å². The van der Waals surface area contributed by atoms with E-state index in [-0.39, 0.29) is 5.91 Å². The third-order valence-corrected chi connectivity index (χ3v) is 4.85. The van der Waals surface area contributed by atoms with Crippen molar-refractivity contribution >= 4 is 17.7 Å². The number of hydrogen-bond acceptors (Lipinski definition) is 4. The average molecular weight is 335 g/mol. The summed E-state index contributed by atoms with van der Waals surface area (Å²) >= 11 is 0. The Balaban J connectivity index is 1.71. The number of aromatic amines is 1. The molecule has 2 aliphatic rings. The number of rotatable bonds is 3. The number of aryl methyl sites for hydroxylation is 1. The van der Waals surface area contributed by atoms with Gasteiger partial charge in [0.25, 0.3) is 5.91 Å². The van der Waals surface area contributed by atoms with E-state index in [4.69, 9.17) is 0 Å². The van der Waals surface area contributed by atoms with E-state index in [9.17, 15) is 4.79 Å². The number of pyridine rings is 1. The third kappa shape index (κ3) is 2.89. The van der Waals surface area contributed by atoms with Crippen molar-refractivity contribution in [3.63, 3.8) is 0 Å². The van der Waals surface area contributed by atoms with Crippen LogP contribution in [-0.4, -0.2) is 40.6 Å². The van der Waals surface area contributed by atoms with Gasteiger partial charge in [0.15, 0.2) is 0 Å². The molecule has 1 unspecified atom stereocenters. The zero-order valence-electron chi connectivity index (χ0n) is 14.4. The second-order valence-corrected chi connectivity index (χ2v) is 6.73. The SMILES string of the molecule is CN(C)C1CCCc2[nH]c(/C=C3\C(=O)NN=C3c3cccnc3)cc21. The maximum absolute atomic E-state index is 12.2. The predicted octanol–water partition coefficient (Wildman–Crippen LogP) is 2.27. The van der Waals surface area contributed by atoms with Gasteiger partial charge < -0.3 is 9.88 Å². The highest BCUT2D eigenvalue weighted by atomic mass is 16.2. The summed E-state index contributed by atoms with van der Waals surface area (Å²) < 4.78 is 0. The van der Waals surface area contributed by atoms with Crippen molar-refractivity contribution in [2.24, 2.45) is 5.10 Å². The van der Waals surface area contributed by atoms with Crippen molar-refractivity contribution in [3.05, 3.63) is 58.7 Å². The Morgan fingerprint density at radius 3 is 3.00 bits per heavy atom. The zero-order chi connectivity index (χ0) is 17.4. The van der Waals surface area contributed by atoms with Crippen LogP contribution in [-0.2, 0) is 11.2 Å². The fraction of sp³-hybridized carbons (Fsp3) is 0.316. The molecule has 0 saturated carbocycles. The van der Waals surface area contributed by atoms with Gasteiger partial charge in [-0.2, -0.15) is 5.10 Å². The fourth-order valence-corrected chi connectivity index (χ4v) is 3.63. The van der Waals surface area contributed by atoms with Gasteiger partial charge in [-0.3, -0.25) is 9.78 Å². The summed E-state index contributed by atoms with van der Waals surface area (Å²) in [6.45, 7) is 0. The number of hydrogen-bond donors (Lipinski definition) is 2. The Bertz CT molecular complexity index is 863. The molecule has 6 heteroatoms. The lowest BCUT2D eigenvalue weighted by atomic mass is 9.92. The summed E-state index contributed by atoms with van der Waals surface area (Å²) in [6, 6.07) is 6.34. The van der Waals surface area contributed by atoms with Gasteiger partial charge in [0, 0.05) is 35.4 Å². The fourth-order valence-electron chi connectivity index (χ4n) is 3.63. The maximum atomic E-state index is 12.2. The number of nitrogens with zero attached hydrogens (tertiary/aromatic N) is 3. The molecule has 25 heavy (non-hydrogen) atoms. The van der Waals surface area contributed by atoms with E-state index in [0.29, 0.717) is 17.3 Å². The highest BCUT2D eigenvalue weighted by Gasteiger charge is 2.26. The Labute approximate surface area is 146 Å². The van der Waals surface area contributed by atoms with Crippen molar-refractivity contribution in [2.45, 2.75) is 25.3 Å². The summed E-state index contributed by atoms with van der Waals surface area (Å²) in [7, 11) is 4.23. The minimum absolute atomic E-state index is 0.185. The maximum Gasteiger partial charge on any atom is 0.273 e. The number of H-pyrrole nitrogens is 1. The second kappa shape index (κ2) is 6.29. The first-order valence-corrected chi connectivity index (χ1v) is 8.52. The minimum Gasteiger partial charge on any atom is -0.359 e. The van der Waals surface area contributed by atoms with Crippen molar-refractivity contribution in [1.82, 2.24) is 20.3 Å². The Kier molecular flexibility index (Phi) is 3.97. The minimum atomic E-state index is -0.185. The molecule has 0 radical (unpaired) electrons. The monoisotopic (exact) mass is 335 g/mol. The lowest BCUT2D eigenvalue weighted by Crippen LogP contribution is -2.23. The lowest BCUT2D eigenvalue weighted by Gasteiger charge is -2.28. The quantitative estimate of drug-likeness (QED) is 0.845.